The highest BCUT2D eigenvalue weighted by atomic mass is 16.5. The number of anilines is 1. The second-order valence-electron chi connectivity index (χ2n) is 6.18. The third-order valence-electron chi connectivity index (χ3n) is 3.72. The topological polar surface area (TPSA) is 111 Å². The Balaban J connectivity index is 1.89. The van der Waals surface area contributed by atoms with E-state index in [1.807, 2.05) is 18.2 Å². The molecular formula is C20H23N3O4. The number of hydrogen-bond acceptors (Lipinski definition) is 4. The Bertz CT molecular complexity index is 791. The fourth-order valence-corrected chi connectivity index (χ4v) is 2.37. The van der Waals surface area contributed by atoms with E-state index in [1.165, 1.54) is 0 Å². The maximum absolute atomic E-state index is 12.2. The molecule has 0 saturated heterocycles. The van der Waals surface area contributed by atoms with Crippen LogP contribution in [-0.2, 0) is 9.59 Å². The molecule has 0 aliphatic heterocycles. The molecule has 2 unspecified atom stereocenters. The second kappa shape index (κ2) is 9.38. The van der Waals surface area contributed by atoms with Crippen molar-refractivity contribution in [2.45, 2.75) is 32.4 Å². The Morgan fingerprint density at radius 2 is 1.63 bits per heavy atom. The van der Waals surface area contributed by atoms with Gasteiger partial charge in [0, 0.05) is 23.7 Å². The van der Waals surface area contributed by atoms with Crippen LogP contribution in [0.4, 0.5) is 5.69 Å². The standard InChI is InChI=1S/C20H23N3O4/c1-13(12-18(21)24)22-20(26)15-8-10-16(11-9-15)23-19(25)14(2)27-17-6-4-3-5-7-17/h3-11,13-14H,12H2,1-2H3,(H2,21,24)(H,22,26)(H,23,25). The van der Waals surface area contributed by atoms with Crippen LogP contribution in [0.5, 0.6) is 5.75 Å². The van der Waals surface area contributed by atoms with Gasteiger partial charge in [0.05, 0.1) is 0 Å². The van der Waals surface area contributed by atoms with Gasteiger partial charge in [-0.25, -0.2) is 0 Å². The molecule has 0 aliphatic carbocycles. The zero-order valence-electron chi connectivity index (χ0n) is 15.3. The zero-order valence-corrected chi connectivity index (χ0v) is 15.3. The van der Waals surface area contributed by atoms with Crippen molar-refractivity contribution < 1.29 is 19.1 Å². The van der Waals surface area contributed by atoms with Gasteiger partial charge in [-0.1, -0.05) is 18.2 Å². The summed E-state index contributed by atoms with van der Waals surface area (Å²) in [6.07, 6.45) is -0.607. The Labute approximate surface area is 157 Å². The summed E-state index contributed by atoms with van der Waals surface area (Å²) in [5, 5.41) is 5.42. The van der Waals surface area contributed by atoms with Crippen molar-refractivity contribution >= 4 is 23.4 Å². The molecule has 27 heavy (non-hydrogen) atoms. The van der Waals surface area contributed by atoms with E-state index in [-0.39, 0.29) is 24.3 Å². The minimum Gasteiger partial charge on any atom is -0.481 e. The average molecular weight is 369 g/mol. The molecule has 7 nitrogen and oxygen atoms in total. The monoisotopic (exact) mass is 369 g/mol. The van der Waals surface area contributed by atoms with Gasteiger partial charge in [-0.05, 0) is 50.2 Å². The predicted molar refractivity (Wildman–Crippen MR) is 102 cm³/mol. The van der Waals surface area contributed by atoms with Crippen molar-refractivity contribution in [2.75, 3.05) is 5.32 Å². The lowest BCUT2D eigenvalue weighted by Gasteiger charge is -2.15. The first-order valence-corrected chi connectivity index (χ1v) is 8.57. The van der Waals surface area contributed by atoms with Crippen molar-refractivity contribution in [3.63, 3.8) is 0 Å². The van der Waals surface area contributed by atoms with Crippen LogP contribution in [0.25, 0.3) is 0 Å². The summed E-state index contributed by atoms with van der Waals surface area (Å²) in [5.41, 5.74) is 6.07. The van der Waals surface area contributed by atoms with E-state index in [2.05, 4.69) is 10.6 Å². The largest absolute Gasteiger partial charge is 0.481 e. The van der Waals surface area contributed by atoms with Crippen molar-refractivity contribution in [3.05, 3.63) is 60.2 Å². The van der Waals surface area contributed by atoms with Gasteiger partial charge in [-0.2, -0.15) is 0 Å². The molecule has 0 bridgehead atoms. The molecule has 0 radical (unpaired) electrons. The molecule has 4 N–H and O–H groups in total. The molecule has 2 aromatic rings. The van der Waals surface area contributed by atoms with Crippen molar-refractivity contribution in [1.29, 1.82) is 0 Å². The van der Waals surface area contributed by atoms with Gasteiger partial charge in [0.15, 0.2) is 6.10 Å². The van der Waals surface area contributed by atoms with Crippen LogP contribution in [0.2, 0.25) is 0 Å². The number of rotatable bonds is 8. The van der Waals surface area contributed by atoms with Crippen molar-refractivity contribution in [2.24, 2.45) is 5.73 Å². The van der Waals surface area contributed by atoms with E-state index in [0.717, 1.165) is 0 Å². The van der Waals surface area contributed by atoms with Crippen molar-refractivity contribution in [3.8, 4) is 5.75 Å². The smallest absolute Gasteiger partial charge is 0.265 e. The van der Waals surface area contributed by atoms with Crippen LogP contribution in [0.3, 0.4) is 0 Å². The number of carbonyl (C=O) groups is 3. The number of nitrogens with two attached hydrogens (primary N) is 1. The number of hydrogen-bond donors (Lipinski definition) is 3. The lowest BCUT2D eigenvalue weighted by atomic mass is 10.1. The molecular weight excluding hydrogens is 346 g/mol. The third kappa shape index (κ3) is 6.47. The van der Waals surface area contributed by atoms with Crippen LogP contribution in [0.1, 0.15) is 30.6 Å². The lowest BCUT2D eigenvalue weighted by molar-refractivity contribution is -0.122. The van der Waals surface area contributed by atoms with E-state index in [1.54, 1.807) is 50.2 Å². The number of nitrogens with one attached hydrogen (secondary N) is 2. The first kappa shape index (κ1) is 20.0. The number of carbonyl (C=O) groups excluding carboxylic acids is 3. The van der Waals surface area contributed by atoms with Crippen LogP contribution >= 0.6 is 0 Å². The molecule has 2 atom stereocenters. The molecule has 0 saturated carbocycles. The van der Waals surface area contributed by atoms with Gasteiger partial charge in [0.1, 0.15) is 5.75 Å². The Kier molecular flexibility index (Phi) is 6.93. The fourth-order valence-electron chi connectivity index (χ4n) is 2.37. The molecule has 2 rings (SSSR count). The maximum atomic E-state index is 12.2. The summed E-state index contributed by atoms with van der Waals surface area (Å²) in [7, 11) is 0. The second-order valence-corrected chi connectivity index (χ2v) is 6.18. The summed E-state index contributed by atoms with van der Waals surface area (Å²) in [6.45, 7) is 3.36. The van der Waals surface area contributed by atoms with Crippen LogP contribution in [0, 0.1) is 0 Å². The van der Waals surface area contributed by atoms with Crippen LogP contribution < -0.4 is 21.1 Å². The SMILES string of the molecule is CC(CC(N)=O)NC(=O)c1ccc(NC(=O)C(C)Oc2ccccc2)cc1. The maximum Gasteiger partial charge on any atom is 0.265 e. The Morgan fingerprint density at radius 3 is 2.22 bits per heavy atom. The van der Waals surface area contributed by atoms with Crippen LogP contribution in [0.15, 0.2) is 54.6 Å². The lowest BCUT2D eigenvalue weighted by Crippen LogP contribution is -2.35. The zero-order chi connectivity index (χ0) is 19.8. The molecule has 2 aromatic carbocycles. The van der Waals surface area contributed by atoms with Gasteiger partial charge in [-0.15, -0.1) is 0 Å². The number of primary amides is 1. The molecule has 142 valence electrons. The Morgan fingerprint density at radius 1 is 1.00 bits per heavy atom. The molecule has 7 heteroatoms. The highest BCUT2D eigenvalue weighted by Gasteiger charge is 2.16. The predicted octanol–water partition coefficient (Wildman–Crippen LogP) is 2.09. The molecule has 0 aliphatic rings. The molecule has 0 spiro atoms. The molecule has 0 heterocycles. The summed E-state index contributed by atoms with van der Waals surface area (Å²) >= 11 is 0. The van der Waals surface area contributed by atoms with E-state index in [0.29, 0.717) is 17.0 Å². The number of amides is 3. The first-order chi connectivity index (χ1) is 12.8. The number of benzene rings is 2. The quantitative estimate of drug-likeness (QED) is 0.661. The molecule has 0 aromatic heterocycles. The normalized spacial score (nSPS) is 12.5. The van der Waals surface area contributed by atoms with Gasteiger partial charge in [0.25, 0.3) is 11.8 Å². The molecule has 3 amide bonds. The summed E-state index contributed by atoms with van der Waals surface area (Å²) in [6, 6.07) is 15.1. The summed E-state index contributed by atoms with van der Waals surface area (Å²) in [4.78, 5) is 35.2. The number of para-hydroxylation sites is 1. The first-order valence-electron chi connectivity index (χ1n) is 8.57. The summed E-state index contributed by atoms with van der Waals surface area (Å²) < 4.78 is 5.57. The minimum absolute atomic E-state index is 0.0686. The van der Waals surface area contributed by atoms with E-state index in [4.69, 9.17) is 10.5 Å². The van der Waals surface area contributed by atoms with Crippen LogP contribution in [-0.4, -0.2) is 29.9 Å². The van der Waals surface area contributed by atoms with Crippen molar-refractivity contribution in [1.82, 2.24) is 5.32 Å². The molecule has 0 fully saturated rings. The third-order valence-corrected chi connectivity index (χ3v) is 3.72. The van der Waals surface area contributed by atoms with Gasteiger partial charge >= 0.3 is 0 Å². The highest BCUT2D eigenvalue weighted by molar-refractivity contribution is 5.97. The number of ether oxygens (including phenoxy) is 1. The summed E-state index contributed by atoms with van der Waals surface area (Å²) in [5.74, 6) is -0.488. The highest BCUT2D eigenvalue weighted by Crippen LogP contribution is 2.14. The van der Waals surface area contributed by atoms with E-state index in [9.17, 15) is 14.4 Å². The van der Waals surface area contributed by atoms with Gasteiger partial charge < -0.3 is 21.1 Å². The Hall–Kier alpha value is -3.35. The fraction of sp³-hybridized carbons (Fsp3) is 0.250. The van der Waals surface area contributed by atoms with Gasteiger partial charge in [-0.3, -0.25) is 14.4 Å². The minimum atomic E-state index is -0.676. The average Bonchev–Trinajstić information content (AvgIpc) is 2.62. The van der Waals surface area contributed by atoms with E-state index >= 15 is 0 Å². The van der Waals surface area contributed by atoms with Gasteiger partial charge in [0.2, 0.25) is 5.91 Å². The van der Waals surface area contributed by atoms with E-state index < -0.39 is 12.0 Å².